The SMILES string of the molecule is O=C(Nc1ccc(Cl)c(-c2nnc3n2CCCCC3)c1)c1cc(-c2ccccc2)on1. The molecular weight excluding hydrogens is 414 g/mol. The standard InChI is InChI=1S/C23H20ClN5O2/c24-18-11-10-16(13-17(18)22-27-26-21-9-5-2-6-12-29(21)22)25-23(30)19-14-20(31-28-19)15-7-3-1-4-8-15/h1,3-4,7-8,10-11,13-14H,2,5-6,9,12H2,(H,25,30). The molecule has 156 valence electrons. The fourth-order valence-electron chi connectivity index (χ4n) is 3.77. The van der Waals surface area contributed by atoms with Crippen molar-refractivity contribution in [1.29, 1.82) is 0 Å². The molecule has 0 aliphatic carbocycles. The molecule has 4 aromatic rings. The Morgan fingerprint density at radius 3 is 2.77 bits per heavy atom. The van der Waals surface area contributed by atoms with Crippen molar-refractivity contribution in [3.63, 3.8) is 0 Å². The Balaban J connectivity index is 1.40. The summed E-state index contributed by atoms with van der Waals surface area (Å²) in [6, 6.07) is 16.5. The van der Waals surface area contributed by atoms with Crippen molar-refractivity contribution < 1.29 is 9.32 Å². The van der Waals surface area contributed by atoms with Crippen LogP contribution in [0.3, 0.4) is 0 Å². The van der Waals surface area contributed by atoms with E-state index < -0.39 is 0 Å². The van der Waals surface area contributed by atoms with E-state index in [1.165, 1.54) is 6.42 Å². The van der Waals surface area contributed by atoms with E-state index in [1.807, 2.05) is 36.4 Å². The van der Waals surface area contributed by atoms with Gasteiger partial charge in [0.05, 0.1) is 5.02 Å². The van der Waals surface area contributed by atoms with Crippen molar-refractivity contribution in [1.82, 2.24) is 19.9 Å². The van der Waals surface area contributed by atoms with E-state index in [0.29, 0.717) is 16.5 Å². The highest BCUT2D eigenvalue weighted by atomic mass is 35.5. The number of fused-ring (bicyclic) bond motifs is 1. The lowest BCUT2D eigenvalue weighted by molar-refractivity contribution is 0.101. The lowest BCUT2D eigenvalue weighted by atomic mass is 10.1. The summed E-state index contributed by atoms with van der Waals surface area (Å²) in [5, 5.41) is 16.1. The summed E-state index contributed by atoms with van der Waals surface area (Å²) in [7, 11) is 0. The van der Waals surface area contributed by atoms with Gasteiger partial charge < -0.3 is 14.4 Å². The zero-order valence-electron chi connectivity index (χ0n) is 16.7. The Morgan fingerprint density at radius 2 is 1.90 bits per heavy atom. The Morgan fingerprint density at radius 1 is 1.03 bits per heavy atom. The highest BCUT2D eigenvalue weighted by Crippen LogP contribution is 2.31. The van der Waals surface area contributed by atoms with Crippen LogP contribution in [0, 0.1) is 0 Å². The van der Waals surface area contributed by atoms with E-state index in [9.17, 15) is 4.79 Å². The zero-order valence-corrected chi connectivity index (χ0v) is 17.5. The largest absolute Gasteiger partial charge is 0.355 e. The van der Waals surface area contributed by atoms with E-state index >= 15 is 0 Å². The van der Waals surface area contributed by atoms with Gasteiger partial charge in [-0.2, -0.15) is 0 Å². The number of aromatic nitrogens is 4. The molecule has 2 aromatic heterocycles. The van der Waals surface area contributed by atoms with Crippen molar-refractivity contribution in [3.05, 3.63) is 71.1 Å². The van der Waals surface area contributed by atoms with Crippen molar-refractivity contribution in [3.8, 4) is 22.7 Å². The molecule has 0 unspecified atom stereocenters. The topological polar surface area (TPSA) is 85.8 Å². The van der Waals surface area contributed by atoms with E-state index in [0.717, 1.165) is 48.6 Å². The van der Waals surface area contributed by atoms with Crippen LogP contribution < -0.4 is 5.32 Å². The molecule has 8 heteroatoms. The van der Waals surface area contributed by atoms with Gasteiger partial charge >= 0.3 is 0 Å². The first-order chi connectivity index (χ1) is 15.2. The second-order valence-corrected chi connectivity index (χ2v) is 7.90. The third kappa shape index (κ3) is 3.96. The van der Waals surface area contributed by atoms with Gasteiger partial charge in [-0.1, -0.05) is 53.5 Å². The fraction of sp³-hybridized carbons (Fsp3) is 0.217. The molecule has 0 fully saturated rings. The van der Waals surface area contributed by atoms with E-state index in [-0.39, 0.29) is 11.6 Å². The molecule has 3 heterocycles. The van der Waals surface area contributed by atoms with Crippen molar-refractivity contribution in [2.24, 2.45) is 0 Å². The first-order valence-corrected chi connectivity index (χ1v) is 10.6. The first kappa shape index (κ1) is 19.5. The summed E-state index contributed by atoms with van der Waals surface area (Å²) in [5.41, 5.74) is 2.40. The van der Waals surface area contributed by atoms with Crippen LogP contribution in [0.5, 0.6) is 0 Å². The summed E-state index contributed by atoms with van der Waals surface area (Å²) in [6.45, 7) is 0.867. The average molecular weight is 434 g/mol. The molecule has 1 aliphatic heterocycles. The van der Waals surface area contributed by atoms with E-state index in [1.54, 1.807) is 18.2 Å². The predicted molar refractivity (Wildman–Crippen MR) is 118 cm³/mol. The molecule has 1 N–H and O–H groups in total. The maximum atomic E-state index is 12.7. The average Bonchev–Trinajstić information content (AvgIpc) is 3.38. The number of aryl methyl sites for hydroxylation is 1. The third-order valence-corrected chi connectivity index (χ3v) is 5.71. The lowest BCUT2D eigenvalue weighted by Gasteiger charge is -2.10. The number of nitrogens with zero attached hydrogens (tertiary/aromatic N) is 4. The van der Waals surface area contributed by atoms with Crippen LogP contribution in [0.2, 0.25) is 5.02 Å². The minimum atomic E-state index is -0.362. The van der Waals surface area contributed by atoms with Crippen LogP contribution >= 0.6 is 11.6 Å². The number of anilines is 1. The molecule has 2 aromatic carbocycles. The number of carbonyl (C=O) groups is 1. The van der Waals surface area contributed by atoms with Crippen LogP contribution in [0.1, 0.15) is 35.6 Å². The van der Waals surface area contributed by atoms with Gasteiger partial charge in [-0.15, -0.1) is 10.2 Å². The van der Waals surface area contributed by atoms with E-state index in [4.69, 9.17) is 16.1 Å². The first-order valence-electron chi connectivity index (χ1n) is 10.2. The van der Waals surface area contributed by atoms with Gasteiger partial charge in [-0.25, -0.2) is 0 Å². The molecule has 0 saturated carbocycles. The number of rotatable bonds is 4. The van der Waals surface area contributed by atoms with Crippen LogP contribution in [0.15, 0.2) is 59.1 Å². The number of nitrogens with one attached hydrogen (secondary N) is 1. The second kappa shape index (κ2) is 8.35. The highest BCUT2D eigenvalue weighted by Gasteiger charge is 2.19. The van der Waals surface area contributed by atoms with Crippen molar-refractivity contribution in [2.45, 2.75) is 32.2 Å². The second-order valence-electron chi connectivity index (χ2n) is 7.49. The molecule has 0 spiro atoms. The molecule has 0 radical (unpaired) electrons. The molecule has 7 nitrogen and oxygen atoms in total. The zero-order chi connectivity index (χ0) is 21.2. The van der Waals surface area contributed by atoms with Gasteiger partial charge in [0.25, 0.3) is 5.91 Å². The van der Waals surface area contributed by atoms with Gasteiger partial charge in [-0.3, -0.25) is 4.79 Å². The Kier molecular flexibility index (Phi) is 5.26. The summed E-state index contributed by atoms with van der Waals surface area (Å²) in [6.07, 6.45) is 4.29. The van der Waals surface area contributed by atoms with Crippen LogP contribution in [0.25, 0.3) is 22.7 Å². The van der Waals surface area contributed by atoms with Crippen molar-refractivity contribution in [2.75, 3.05) is 5.32 Å². The predicted octanol–water partition coefficient (Wildman–Crippen LogP) is 5.23. The van der Waals surface area contributed by atoms with Crippen LogP contribution in [-0.2, 0) is 13.0 Å². The summed E-state index contributed by atoms with van der Waals surface area (Å²) >= 11 is 6.47. The minimum Gasteiger partial charge on any atom is -0.355 e. The number of amides is 1. The molecule has 0 saturated heterocycles. The molecule has 0 atom stereocenters. The van der Waals surface area contributed by atoms with Gasteiger partial charge in [0.1, 0.15) is 5.82 Å². The molecule has 0 bridgehead atoms. The Labute approximate surface area is 184 Å². The van der Waals surface area contributed by atoms with Gasteiger partial charge in [0.2, 0.25) is 0 Å². The van der Waals surface area contributed by atoms with Gasteiger partial charge in [-0.05, 0) is 31.0 Å². The monoisotopic (exact) mass is 433 g/mol. The van der Waals surface area contributed by atoms with E-state index in [2.05, 4.69) is 25.2 Å². The molecule has 1 aliphatic rings. The van der Waals surface area contributed by atoms with Crippen LogP contribution in [0.4, 0.5) is 5.69 Å². The maximum absolute atomic E-state index is 12.7. The molecule has 5 rings (SSSR count). The molecule has 31 heavy (non-hydrogen) atoms. The number of carbonyl (C=O) groups excluding carboxylic acids is 1. The van der Waals surface area contributed by atoms with Crippen molar-refractivity contribution >= 4 is 23.2 Å². The highest BCUT2D eigenvalue weighted by molar-refractivity contribution is 6.33. The summed E-state index contributed by atoms with van der Waals surface area (Å²) in [4.78, 5) is 12.7. The smallest absolute Gasteiger partial charge is 0.277 e. The molecular formula is C23H20ClN5O2. The fourth-order valence-corrected chi connectivity index (χ4v) is 3.98. The van der Waals surface area contributed by atoms with Gasteiger partial charge in [0, 0.05) is 35.8 Å². The number of halogens is 1. The Hall–Kier alpha value is -3.45. The number of hydrogen-bond donors (Lipinski definition) is 1. The summed E-state index contributed by atoms with van der Waals surface area (Å²) in [5.74, 6) is 1.88. The Bertz CT molecular complexity index is 1230. The minimum absolute atomic E-state index is 0.201. The quantitative estimate of drug-likeness (QED) is 0.476. The van der Waals surface area contributed by atoms with Gasteiger partial charge in [0.15, 0.2) is 17.3 Å². The molecule has 1 amide bonds. The number of hydrogen-bond acceptors (Lipinski definition) is 5. The lowest BCUT2D eigenvalue weighted by Crippen LogP contribution is -2.12. The number of benzene rings is 2. The third-order valence-electron chi connectivity index (χ3n) is 5.38. The maximum Gasteiger partial charge on any atom is 0.277 e. The normalized spacial score (nSPS) is 13.5. The van der Waals surface area contributed by atoms with Crippen LogP contribution in [-0.4, -0.2) is 25.8 Å². The summed E-state index contributed by atoms with van der Waals surface area (Å²) < 4.78 is 7.46.